The molecule has 1 aromatic carbocycles. The number of aromatic nitrogens is 2. The van der Waals surface area contributed by atoms with E-state index >= 15 is 0 Å². The van der Waals surface area contributed by atoms with Gasteiger partial charge in [0.05, 0.1) is 19.8 Å². The third kappa shape index (κ3) is 3.86. The average molecular weight is 332 g/mol. The molecular formula is C14H12F4N2O3. The summed E-state index contributed by atoms with van der Waals surface area (Å²) in [5.41, 5.74) is -1.99. The second-order valence-electron chi connectivity index (χ2n) is 4.65. The number of ether oxygens (including phenoxy) is 1. The van der Waals surface area contributed by atoms with Gasteiger partial charge >= 0.3 is 6.18 Å². The Balaban J connectivity index is 2.28. The first-order valence-corrected chi connectivity index (χ1v) is 6.39. The number of alkyl halides is 3. The van der Waals surface area contributed by atoms with Crippen LogP contribution in [-0.4, -0.2) is 22.0 Å². The minimum absolute atomic E-state index is 0.0460. The molecule has 1 unspecified atom stereocenters. The van der Waals surface area contributed by atoms with E-state index in [9.17, 15) is 27.5 Å². The molecule has 0 fully saturated rings. The monoisotopic (exact) mass is 332 g/mol. The van der Waals surface area contributed by atoms with Crippen LogP contribution < -0.4 is 10.3 Å². The third-order valence-corrected chi connectivity index (χ3v) is 3.06. The molecular weight excluding hydrogens is 320 g/mol. The van der Waals surface area contributed by atoms with Crippen LogP contribution >= 0.6 is 0 Å². The Morgan fingerprint density at radius 3 is 2.57 bits per heavy atom. The predicted molar refractivity (Wildman–Crippen MR) is 71.4 cm³/mol. The van der Waals surface area contributed by atoms with E-state index in [1.807, 2.05) is 0 Å². The smallest absolute Gasteiger partial charge is 0.435 e. The molecule has 124 valence electrons. The van der Waals surface area contributed by atoms with Crippen molar-refractivity contribution >= 4 is 0 Å². The summed E-state index contributed by atoms with van der Waals surface area (Å²) in [6, 6.07) is 4.83. The summed E-state index contributed by atoms with van der Waals surface area (Å²) in [7, 11) is 1.26. The number of aliphatic hydroxyl groups is 1. The van der Waals surface area contributed by atoms with Crippen LogP contribution in [0.5, 0.6) is 5.75 Å². The maximum Gasteiger partial charge on any atom is 0.435 e. The van der Waals surface area contributed by atoms with Crippen LogP contribution in [0.15, 0.2) is 35.1 Å². The summed E-state index contributed by atoms with van der Waals surface area (Å²) in [5, 5.41) is 13.2. The second kappa shape index (κ2) is 6.37. The Morgan fingerprint density at radius 2 is 2.00 bits per heavy atom. The van der Waals surface area contributed by atoms with Crippen LogP contribution in [0, 0.1) is 5.82 Å². The van der Waals surface area contributed by atoms with Crippen molar-refractivity contribution in [1.29, 1.82) is 0 Å². The van der Waals surface area contributed by atoms with Gasteiger partial charge in [0, 0.05) is 6.07 Å². The van der Waals surface area contributed by atoms with Gasteiger partial charge in [-0.15, -0.1) is 0 Å². The lowest BCUT2D eigenvalue weighted by atomic mass is 10.1. The Hall–Kier alpha value is -2.42. The van der Waals surface area contributed by atoms with Crippen molar-refractivity contribution in [1.82, 2.24) is 9.78 Å². The second-order valence-corrected chi connectivity index (χ2v) is 4.65. The Labute approximate surface area is 127 Å². The van der Waals surface area contributed by atoms with Crippen LogP contribution in [0.3, 0.4) is 0 Å². The van der Waals surface area contributed by atoms with Crippen molar-refractivity contribution in [3.63, 3.8) is 0 Å². The number of benzene rings is 1. The maximum absolute atomic E-state index is 13.6. The van der Waals surface area contributed by atoms with Gasteiger partial charge in [-0.25, -0.2) is 9.07 Å². The normalized spacial score (nSPS) is 13.0. The van der Waals surface area contributed by atoms with Gasteiger partial charge in [0.2, 0.25) is 0 Å². The lowest BCUT2D eigenvalue weighted by Crippen LogP contribution is -2.28. The van der Waals surface area contributed by atoms with Gasteiger partial charge in [-0.2, -0.15) is 18.3 Å². The molecule has 1 atom stereocenters. The van der Waals surface area contributed by atoms with E-state index in [1.165, 1.54) is 19.2 Å². The number of aliphatic hydroxyl groups excluding tert-OH is 1. The lowest BCUT2D eigenvalue weighted by molar-refractivity contribution is -0.142. The molecule has 23 heavy (non-hydrogen) atoms. The highest BCUT2D eigenvalue weighted by atomic mass is 19.4. The van der Waals surface area contributed by atoms with E-state index in [2.05, 4.69) is 5.10 Å². The maximum atomic E-state index is 13.6. The fourth-order valence-corrected chi connectivity index (χ4v) is 1.89. The zero-order chi connectivity index (χ0) is 17.2. The van der Waals surface area contributed by atoms with Gasteiger partial charge < -0.3 is 9.84 Å². The first kappa shape index (κ1) is 16.9. The fourth-order valence-electron chi connectivity index (χ4n) is 1.89. The van der Waals surface area contributed by atoms with E-state index in [4.69, 9.17) is 4.74 Å². The Kier molecular flexibility index (Phi) is 4.69. The summed E-state index contributed by atoms with van der Waals surface area (Å²) >= 11 is 0. The molecule has 0 aliphatic carbocycles. The SMILES string of the molecule is COc1ccc(C(O)Cn2nc(C(F)(F)F)ccc2=O)cc1F. The molecule has 0 aliphatic heterocycles. The molecule has 2 rings (SSSR count). The zero-order valence-corrected chi connectivity index (χ0v) is 11.8. The van der Waals surface area contributed by atoms with Crippen LogP contribution in [0.1, 0.15) is 17.4 Å². The standard InChI is InChI=1S/C14H12F4N2O3/c1-23-11-3-2-8(6-9(11)15)10(21)7-20-13(22)5-4-12(19-20)14(16,17)18/h2-6,10,21H,7H2,1H3. The molecule has 1 N–H and O–H groups in total. The molecule has 0 spiro atoms. The van der Waals surface area contributed by atoms with Gasteiger partial charge in [0.15, 0.2) is 17.3 Å². The molecule has 0 saturated heterocycles. The molecule has 0 bridgehead atoms. The van der Waals surface area contributed by atoms with Gasteiger partial charge in [-0.1, -0.05) is 6.07 Å². The number of hydrogen-bond donors (Lipinski definition) is 1. The Morgan fingerprint density at radius 1 is 1.30 bits per heavy atom. The summed E-state index contributed by atoms with van der Waals surface area (Å²) in [6.45, 7) is -0.547. The molecule has 5 nitrogen and oxygen atoms in total. The van der Waals surface area contributed by atoms with E-state index in [0.29, 0.717) is 16.8 Å². The first-order valence-electron chi connectivity index (χ1n) is 6.39. The number of hydrogen-bond acceptors (Lipinski definition) is 4. The minimum atomic E-state index is -4.72. The van der Waals surface area contributed by atoms with Crippen molar-refractivity contribution < 1.29 is 27.4 Å². The van der Waals surface area contributed by atoms with Gasteiger partial charge in [-0.05, 0) is 23.8 Å². The number of rotatable bonds is 4. The molecule has 0 amide bonds. The summed E-state index contributed by atoms with van der Waals surface area (Å²) < 4.78 is 56.6. The number of methoxy groups -OCH3 is 1. The highest BCUT2D eigenvalue weighted by molar-refractivity contribution is 5.30. The highest BCUT2D eigenvalue weighted by Crippen LogP contribution is 2.27. The third-order valence-electron chi connectivity index (χ3n) is 3.06. The molecule has 9 heteroatoms. The van der Waals surface area contributed by atoms with Crippen molar-refractivity contribution in [3.05, 3.63) is 57.8 Å². The molecule has 1 heterocycles. The lowest BCUT2D eigenvalue weighted by Gasteiger charge is -2.14. The van der Waals surface area contributed by atoms with Crippen molar-refractivity contribution in [2.24, 2.45) is 0 Å². The van der Waals surface area contributed by atoms with Crippen molar-refractivity contribution in [3.8, 4) is 5.75 Å². The van der Waals surface area contributed by atoms with E-state index in [1.54, 1.807) is 0 Å². The average Bonchev–Trinajstić information content (AvgIpc) is 2.48. The van der Waals surface area contributed by atoms with E-state index in [0.717, 1.165) is 6.07 Å². The van der Waals surface area contributed by atoms with E-state index in [-0.39, 0.29) is 11.3 Å². The zero-order valence-electron chi connectivity index (χ0n) is 11.8. The molecule has 2 aromatic rings. The van der Waals surface area contributed by atoms with Crippen molar-refractivity contribution in [2.45, 2.75) is 18.8 Å². The van der Waals surface area contributed by atoms with Gasteiger partial charge in [0.1, 0.15) is 0 Å². The predicted octanol–water partition coefficient (Wildman–Crippen LogP) is 2.14. The highest BCUT2D eigenvalue weighted by Gasteiger charge is 2.33. The quantitative estimate of drug-likeness (QED) is 0.872. The van der Waals surface area contributed by atoms with E-state index < -0.39 is 35.9 Å². The topological polar surface area (TPSA) is 64.3 Å². The number of halogens is 4. The van der Waals surface area contributed by atoms with Crippen molar-refractivity contribution in [2.75, 3.05) is 7.11 Å². The van der Waals surface area contributed by atoms with Gasteiger partial charge in [0.25, 0.3) is 5.56 Å². The first-order chi connectivity index (χ1) is 10.7. The molecule has 0 saturated carbocycles. The summed E-state index contributed by atoms with van der Waals surface area (Å²) in [5.74, 6) is -0.788. The minimum Gasteiger partial charge on any atom is -0.494 e. The van der Waals surface area contributed by atoms with Crippen LogP contribution in [0.4, 0.5) is 17.6 Å². The molecule has 0 aliphatic rings. The molecule has 1 aromatic heterocycles. The van der Waals surface area contributed by atoms with Crippen LogP contribution in [0.25, 0.3) is 0 Å². The number of nitrogens with zero attached hydrogens (tertiary/aromatic N) is 2. The Bertz CT molecular complexity index is 758. The largest absolute Gasteiger partial charge is 0.494 e. The summed E-state index contributed by atoms with van der Waals surface area (Å²) in [4.78, 5) is 11.6. The van der Waals surface area contributed by atoms with Crippen LogP contribution in [-0.2, 0) is 12.7 Å². The van der Waals surface area contributed by atoms with Crippen LogP contribution in [0.2, 0.25) is 0 Å². The summed E-state index contributed by atoms with van der Waals surface area (Å²) in [6.07, 6.45) is -6.13. The van der Waals surface area contributed by atoms with Gasteiger partial charge in [-0.3, -0.25) is 4.79 Å². The fraction of sp³-hybridized carbons (Fsp3) is 0.286. The molecule has 0 radical (unpaired) electrons.